The van der Waals surface area contributed by atoms with Crippen molar-refractivity contribution in [1.29, 1.82) is 0 Å². The van der Waals surface area contributed by atoms with Gasteiger partial charge in [-0.05, 0) is 124 Å². The maximum atomic E-state index is 13.9. The number of furan rings is 1. The highest BCUT2D eigenvalue weighted by Crippen LogP contribution is 2.48. The van der Waals surface area contributed by atoms with E-state index in [2.05, 4.69) is 5.32 Å². The van der Waals surface area contributed by atoms with Gasteiger partial charge in [-0.25, -0.2) is 12.8 Å². The first-order valence-electron chi connectivity index (χ1n) is 18.9. The number of amides is 1. The van der Waals surface area contributed by atoms with E-state index in [1.54, 1.807) is 49.5 Å². The van der Waals surface area contributed by atoms with Gasteiger partial charge in [-0.2, -0.15) is 0 Å². The van der Waals surface area contributed by atoms with Gasteiger partial charge in [0.25, 0.3) is 5.91 Å². The van der Waals surface area contributed by atoms with Crippen LogP contribution in [0.5, 0.6) is 11.5 Å². The smallest absolute Gasteiger partial charge is 0.457 e. The van der Waals surface area contributed by atoms with E-state index in [9.17, 15) is 17.6 Å². The molecule has 1 N–H and O–H groups in total. The molecule has 1 saturated carbocycles. The Bertz CT molecular complexity index is 2280. The van der Waals surface area contributed by atoms with E-state index >= 15 is 0 Å². The third-order valence-electron chi connectivity index (χ3n) is 10.9. The second kappa shape index (κ2) is 15.7. The molecule has 4 aromatic carbocycles. The summed E-state index contributed by atoms with van der Waals surface area (Å²) in [6.45, 7) is 8.72. The zero-order chi connectivity index (χ0) is 39.8. The predicted octanol–water partition coefficient (Wildman–Crippen LogP) is 8.96. The fourth-order valence-electron chi connectivity index (χ4n) is 7.05. The third kappa shape index (κ3) is 8.66. The minimum absolute atomic E-state index is 0.105. The Hall–Kier alpha value is -4.69. The largest absolute Gasteiger partial charge is 0.458 e. The topological polar surface area (TPSA) is 117 Å². The Kier molecular flexibility index (Phi) is 11.1. The summed E-state index contributed by atoms with van der Waals surface area (Å²) in [5.74, 6) is 0.446. The van der Waals surface area contributed by atoms with E-state index in [0.29, 0.717) is 58.0 Å². The maximum absolute atomic E-state index is 13.9. The number of benzene rings is 4. The number of sulfonamides is 1. The van der Waals surface area contributed by atoms with Crippen LogP contribution in [-0.2, 0) is 30.7 Å². The number of halogens is 1. The average Bonchev–Trinajstić information content (AvgIpc) is 3.89. The Morgan fingerprint density at radius 2 is 1.57 bits per heavy atom. The molecule has 1 aliphatic heterocycles. The molecule has 0 spiro atoms. The molecule has 1 atom stereocenters. The highest BCUT2D eigenvalue weighted by atomic mass is 32.2. The molecule has 2 aliphatic rings. The summed E-state index contributed by atoms with van der Waals surface area (Å²) in [5, 5.41) is 3.34. The number of nitrogens with zero attached hydrogens (tertiary/aromatic N) is 1. The van der Waals surface area contributed by atoms with Gasteiger partial charge in [0.2, 0.25) is 10.0 Å². The predicted molar refractivity (Wildman–Crippen MR) is 216 cm³/mol. The first kappa shape index (κ1) is 39.5. The lowest BCUT2D eigenvalue weighted by atomic mass is 9.77. The van der Waals surface area contributed by atoms with Crippen molar-refractivity contribution in [2.45, 2.75) is 70.6 Å². The van der Waals surface area contributed by atoms with Crippen LogP contribution in [0.25, 0.3) is 22.3 Å². The minimum Gasteiger partial charge on any atom is -0.457 e. The molecule has 1 aliphatic carbocycles. The van der Waals surface area contributed by atoms with Crippen LogP contribution in [0.4, 0.5) is 10.1 Å². The summed E-state index contributed by atoms with van der Waals surface area (Å²) in [7, 11) is -2.84. The number of fused-ring (bicyclic) bond motifs is 1. The van der Waals surface area contributed by atoms with Gasteiger partial charge in [0.1, 0.15) is 28.7 Å². The molecule has 0 bridgehead atoms. The number of ether oxygens (including phenoxy) is 2. The fourth-order valence-corrected chi connectivity index (χ4v) is 8.04. The zero-order valence-corrected chi connectivity index (χ0v) is 33.5. The van der Waals surface area contributed by atoms with Gasteiger partial charge in [-0.3, -0.25) is 9.10 Å². The Balaban J connectivity index is 1.24. The van der Waals surface area contributed by atoms with Crippen LogP contribution >= 0.6 is 0 Å². The van der Waals surface area contributed by atoms with Gasteiger partial charge >= 0.3 is 7.12 Å². The van der Waals surface area contributed by atoms with Crippen LogP contribution < -0.4 is 14.4 Å². The van der Waals surface area contributed by atoms with Gasteiger partial charge in [0.15, 0.2) is 0 Å². The Morgan fingerprint density at radius 1 is 0.946 bits per heavy atom. The normalized spacial score (nSPS) is 16.9. The summed E-state index contributed by atoms with van der Waals surface area (Å²) in [6, 6.07) is 26.3. The number of carbonyl (C=O) groups excluding carboxylic acids is 1. The van der Waals surface area contributed by atoms with Crippen molar-refractivity contribution in [3.63, 3.8) is 0 Å². The monoisotopic (exact) mass is 782 g/mol. The quantitative estimate of drug-likeness (QED) is 0.105. The summed E-state index contributed by atoms with van der Waals surface area (Å²) in [5.41, 5.74) is 2.60. The lowest BCUT2D eigenvalue weighted by Crippen LogP contribution is -2.41. The standard InChI is InChI=1S/C43H48BFN2O8S/c1-42(2)43(3,4)55-44(54-42)24-29(27-51-26-28-10-8-7-9-11-28)25-47(56(6,49)50)37-23-38-36(22-35(37)30-12-13-30)39(41(48)46-5)40(53-38)31-14-18-33(19-15-31)52-34-20-16-32(45)17-21-34/h7-11,14-23,29-30H,12-13,24-27H2,1-6H3,(H,46,48). The van der Waals surface area contributed by atoms with Crippen molar-refractivity contribution in [2.75, 3.05) is 30.8 Å². The number of rotatable bonds is 15. The Morgan fingerprint density at radius 3 is 2.16 bits per heavy atom. The summed E-state index contributed by atoms with van der Waals surface area (Å²) >= 11 is 0. The molecule has 1 aromatic heterocycles. The summed E-state index contributed by atoms with van der Waals surface area (Å²) in [4.78, 5) is 13.5. The van der Waals surface area contributed by atoms with E-state index < -0.39 is 28.3 Å². The van der Waals surface area contributed by atoms with Crippen LogP contribution in [0.3, 0.4) is 0 Å². The minimum atomic E-state index is -3.84. The summed E-state index contributed by atoms with van der Waals surface area (Å²) < 4.78 is 73.9. The molecular weight excluding hydrogens is 734 g/mol. The van der Waals surface area contributed by atoms with Crippen molar-refractivity contribution in [1.82, 2.24) is 5.32 Å². The second-order valence-corrected chi connectivity index (χ2v) is 17.6. The van der Waals surface area contributed by atoms with E-state index in [4.69, 9.17) is 23.2 Å². The molecule has 2 heterocycles. The summed E-state index contributed by atoms with van der Waals surface area (Å²) in [6.07, 6.45) is 3.40. The third-order valence-corrected chi connectivity index (χ3v) is 12.0. The van der Waals surface area contributed by atoms with Crippen molar-refractivity contribution in [3.8, 4) is 22.8 Å². The fraction of sp³-hybridized carbons (Fsp3) is 0.372. The van der Waals surface area contributed by atoms with E-state index in [1.807, 2.05) is 64.1 Å². The van der Waals surface area contributed by atoms with Crippen LogP contribution in [0.15, 0.2) is 95.4 Å². The van der Waals surface area contributed by atoms with Crippen molar-refractivity contribution >= 4 is 39.7 Å². The number of hydrogen-bond donors (Lipinski definition) is 1. The maximum Gasteiger partial charge on any atom is 0.458 e. The van der Waals surface area contributed by atoms with Crippen LogP contribution in [0.2, 0.25) is 6.32 Å². The van der Waals surface area contributed by atoms with Crippen molar-refractivity contribution < 1.29 is 40.8 Å². The molecule has 7 rings (SSSR count). The number of nitrogens with one attached hydrogen (secondary N) is 1. The number of anilines is 1. The zero-order valence-electron chi connectivity index (χ0n) is 32.6. The van der Waals surface area contributed by atoms with Gasteiger partial charge in [0, 0.05) is 30.6 Å². The van der Waals surface area contributed by atoms with Crippen LogP contribution in [0, 0.1) is 11.7 Å². The molecule has 56 heavy (non-hydrogen) atoms. The molecule has 294 valence electrons. The molecular formula is C43H48BFN2O8S. The molecule has 2 fully saturated rings. The van der Waals surface area contributed by atoms with E-state index in [-0.39, 0.29) is 36.7 Å². The van der Waals surface area contributed by atoms with Crippen molar-refractivity contribution in [3.05, 3.63) is 114 Å². The molecule has 1 saturated heterocycles. The second-order valence-electron chi connectivity index (χ2n) is 15.7. The first-order valence-corrected chi connectivity index (χ1v) is 20.8. The molecule has 1 unspecified atom stereocenters. The highest BCUT2D eigenvalue weighted by Gasteiger charge is 2.51. The molecule has 10 nitrogen and oxygen atoms in total. The van der Waals surface area contributed by atoms with Gasteiger partial charge < -0.3 is 28.5 Å². The average molecular weight is 783 g/mol. The van der Waals surface area contributed by atoms with Crippen molar-refractivity contribution in [2.24, 2.45) is 5.92 Å². The van der Waals surface area contributed by atoms with Crippen LogP contribution in [-0.4, -0.2) is 59.1 Å². The lowest BCUT2D eigenvalue weighted by molar-refractivity contribution is 0.00578. The molecule has 1 amide bonds. The molecule has 13 heteroatoms. The lowest BCUT2D eigenvalue weighted by Gasteiger charge is -2.32. The van der Waals surface area contributed by atoms with E-state index in [1.165, 1.54) is 22.7 Å². The van der Waals surface area contributed by atoms with Gasteiger partial charge in [-0.15, -0.1) is 0 Å². The SMILES string of the molecule is CNC(=O)c1c(-c2ccc(Oc3ccc(F)cc3)cc2)oc2cc(N(CC(COCc3ccccc3)CB3OC(C)(C)C(C)(C)O3)S(C)(=O)=O)c(C3CC3)cc12. The number of hydrogen-bond acceptors (Lipinski definition) is 8. The highest BCUT2D eigenvalue weighted by molar-refractivity contribution is 7.92. The van der Waals surface area contributed by atoms with Gasteiger partial charge in [-0.1, -0.05) is 30.3 Å². The Labute approximate surface area is 328 Å². The van der Waals surface area contributed by atoms with E-state index in [0.717, 1.165) is 24.0 Å². The van der Waals surface area contributed by atoms with Crippen LogP contribution in [0.1, 0.15) is 67.9 Å². The molecule has 0 radical (unpaired) electrons. The number of carbonyl (C=O) groups is 1. The van der Waals surface area contributed by atoms with Gasteiger partial charge in [0.05, 0.1) is 41.9 Å². The molecule has 5 aromatic rings. The first-order chi connectivity index (χ1) is 26.6.